The van der Waals surface area contributed by atoms with Crippen molar-refractivity contribution in [1.29, 1.82) is 0 Å². The maximum atomic E-state index is 12.3. The third-order valence-corrected chi connectivity index (χ3v) is 3.43. The van der Waals surface area contributed by atoms with Gasteiger partial charge in [0.05, 0.1) is 6.61 Å². The molecule has 0 aliphatic rings. The van der Waals surface area contributed by atoms with Gasteiger partial charge in [-0.25, -0.2) is 4.79 Å². The van der Waals surface area contributed by atoms with E-state index in [1.165, 1.54) is 0 Å². The third-order valence-electron chi connectivity index (χ3n) is 3.43. The molecule has 0 unspecified atom stereocenters. The van der Waals surface area contributed by atoms with Gasteiger partial charge in [-0.3, -0.25) is 4.79 Å². The molecule has 0 spiro atoms. The molecule has 1 rings (SSSR count). The van der Waals surface area contributed by atoms with Crippen molar-refractivity contribution in [1.82, 2.24) is 10.6 Å². The van der Waals surface area contributed by atoms with Crippen molar-refractivity contribution in [3.63, 3.8) is 0 Å². The third kappa shape index (κ3) is 8.03. The quantitative estimate of drug-likeness (QED) is 0.707. The minimum absolute atomic E-state index is 0.0189. The molecular formula is C19H31N3O3. The summed E-state index contributed by atoms with van der Waals surface area (Å²) in [5.41, 5.74) is 0.593. The molecule has 140 valence electrons. The van der Waals surface area contributed by atoms with Gasteiger partial charge in [0.15, 0.2) is 0 Å². The summed E-state index contributed by atoms with van der Waals surface area (Å²) in [6.45, 7) is 13.1. The number of carbonyl (C=O) groups is 2. The molecule has 0 fully saturated rings. The molecule has 0 bridgehead atoms. The van der Waals surface area contributed by atoms with Crippen LogP contribution in [0.15, 0.2) is 24.3 Å². The fourth-order valence-electron chi connectivity index (χ4n) is 2.03. The van der Waals surface area contributed by atoms with Gasteiger partial charge in [0.25, 0.3) is 0 Å². The molecular weight excluding hydrogens is 318 g/mol. The lowest BCUT2D eigenvalue weighted by Crippen LogP contribution is -2.56. The summed E-state index contributed by atoms with van der Waals surface area (Å²) < 4.78 is 5.36. The van der Waals surface area contributed by atoms with Crippen molar-refractivity contribution in [2.24, 2.45) is 5.41 Å². The minimum Gasteiger partial charge on any atom is -0.377 e. The van der Waals surface area contributed by atoms with Crippen LogP contribution in [-0.4, -0.2) is 30.6 Å². The molecule has 25 heavy (non-hydrogen) atoms. The van der Waals surface area contributed by atoms with E-state index in [0.717, 1.165) is 5.56 Å². The first kappa shape index (κ1) is 21.0. The number of hydrogen-bond donors (Lipinski definition) is 3. The van der Waals surface area contributed by atoms with E-state index in [1.54, 1.807) is 19.9 Å². The number of carbonyl (C=O) groups excluding carboxylic acids is 2. The van der Waals surface area contributed by atoms with Crippen LogP contribution in [0, 0.1) is 5.41 Å². The normalized spacial score (nSPS) is 11.8. The van der Waals surface area contributed by atoms with E-state index in [-0.39, 0.29) is 11.3 Å². The first-order valence-corrected chi connectivity index (χ1v) is 8.57. The van der Waals surface area contributed by atoms with Gasteiger partial charge in [0.1, 0.15) is 5.54 Å². The van der Waals surface area contributed by atoms with Crippen molar-refractivity contribution >= 4 is 17.6 Å². The van der Waals surface area contributed by atoms with Crippen LogP contribution in [0.1, 0.15) is 47.1 Å². The van der Waals surface area contributed by atoms with Crippen molar-refractivity contribution in [2.75, 3.05) is 18.5 Å². The largest absolute Gasteiger partial charge is 0.377 e. The van der Waals surface area contributed by atoms with E-state index in [1.807, 2.05) is 45.9 Å². The van der Waals surface area contributed by atoms with Gasteiger partial charge < -0.3 is 20.7 Å². The van der Waals surface area contributed by atoms with Crippen LogP contribution in [0.2, 0.25) is 0 Å². The molecule has 3 amide bonds. The summed E-state index contributed by atoms with van der Waals surface area (Å²) in [6.07, 6.45) is 0. The summed E-state index contributed by atoms with van der Waals surface area (Å²) in [4.78, 5) is 24.5. The molecule has 0 radical (unpaired) electrons. The fourth-order valence-corrected chi connectivity index (χ4v) is 2.03. The summed E-state index contributed by atoms with van der Waals surface area (Å²) in [5, 5.41) is 8.33. The molecule has 0 aromatic heterocycles. The lowest BCUT2D eigenvalue weighted by molar-refractivity contribution is -0.126. The number of urea groups is 1. The topological polar surface area (TPSA) is 79.5 Å². The highest BCUT2D eigenvalue weighted by molar-refractivity contribution is 5.95. The van der Waals surface area contributed by atoms with Gasteiger partial charge in [-0.05, 0) is 43.9 Å². The Morgan fingerprint density at radius 1 is 1.12 bits per heavy atom. The Morgan fingerprint density at radius 2 is 1.80 bits per heavy atom. The van der Waals surface area contributed by atoms with Crippen LogP contribution in [0.4, 0.5) is 10.5 Å². The predicted octanol–water partition coefficient (Wildman–Crippen LogP) is 3.29. The van der Waals surface area contributed by atoms with Gasteiger partial charge in [0.2, 0.25) is 5.91 Å². The molecule has 0 atom stereocenters. The lowest BCUT2D eigenvalue weighted by atomic mass is 9.96. The molecule has 6 nitrogen and oxygen atoms in total. The van der Waals surface area contributed by atoms with Gasteiger partial charge in [-0.15, -0.1) is 0 Å². The number of nitrogens with one attached hydrogen (secondary N) is 3. The van der Waals surface area contributed by atoms with Crippen molar-refractivity contribution < 1.29 is 14.3 Å². The second kappa shape index (κ2) is 8.85. The van der Waals surface area contributed by atoms with Crippen LogP contribution in [0.5, 0.6) is 0 Å². The van der Waals surface area contributed by atoms with E-state index in [2.05, 4.69) is 16.0 Å². The van der Waals surface area contributed by atoms with Crippen LogP contribution >= 0.6 is 0 Å². The van der Waals surface area contributed by atoms with Gasteiger partial charge in [-0.1, -0.05) is 32.9 Å². The smallest absolute Gasteiger partial charge is 0.320 e. The van der Waals surface area contributed by atoms with E-state index in [0.29, 0.717) is 25.4 Å². The van der Waals surface area contributed by atoms with Gasteiger partial charge in [-0.2, -0.15) is 0 Å². The Morgan fingerprint density at radius 3 is 2.40 bits per heavy atom. The van der Waals surface area contributed by atoms with Gasteiger partial charge in [0, 0.05) is 18.8 Å². The van der Waals surface area contributed by atoms with Gasteiger partial charge >= 0.3 is 6.03 Å². The molecule has 1 aromatic rings. The molecule has 3 N–H and O–H groups in total. The van der Waals surface area contributed by atoms with Crippen LogP contribution < -0.4 is 16.0 Å². The fraction of sp³-hybridized carbons (Fsp3) is 0.579. The van der Waals surface area contributed by atoms with Crippen LogP contribution in [-0.2, 0) is 16.1 Å². The number of amides is 3. The Hall–Kier alpha value is -2.08. The molecule has 0 heterocycles. The number of anilines is 1. The highest BCUT2D eigenvalue weighted by Gasteiger charge is 2.30. The van der Waals surface area contributed by atoms with E-state index in [4.69, 9.17) is 4.74 Å². The highest BCUT2D eigenvalue weighted by Crippen LogP contribution is 2.13. The number of benzene rings is 1. The summed E-state index contributed by atoms with van der Waals surface area (Å²) in [6, 6.07) is 7.00. The Kier molecular flexibility index (Phi) is 7.42. The van der Waals surface area contributed by atoms with Crippen molar-refractivity contribution in [2.45, 2.75) is 53.7 Å². The molecule has 1 aromatic carbocycles. The predicted molar refractivity (Wildman–Crippen MR) is 100 cm³/mol. The monoisotopic (exact) mass is 349 g/mol. The summed E-state index contributed by atoms with van der Waals surface area (Å²) in [5.74, 6) is -0.220. The second-order valence-corrected chi connectivity index (χ2v) is 7.78. The molecule has 6 heteroatoms. The zero-order chi connectivity index (χ0) is 19.1. The first-order valence-electron chi connectivity index (χ1n) is 8.57. The Bertz CT molecular complexity index is 592. The standard InChI is InChI=1S/C19H31N3O3/c1-7-25-12-14-9-8-10-15(11-14)21-17(24)22-19(5,6)16(23)20-13-18(2,3)4/h8-11H,7,12-13H2,1-6H3,(H,20,23)(H2,21,22,24). The second-order valence-electron chi connectivity index (χ2n) is 7.78. The SMILES string of the molecule is CCOCc1cccc(NC(=O)NC(C)(C)C(=O)NCC(C)(C)C)c1. The zero-order valence-corrected chi connectivity index (χ0v) is 16.2. The number of ether oxygens (including phenoxy) is 1. The van der Waals surface area contributed by atoms with Crippen molar-refractivity contribution in [3.05, 3.63) is 29.8 Å². The molecule has 0 aliphatic heterocycles. The van der Waals surface area contributed by atoms with Crippen molar-refractivity contribution in [3.8, 4) is 0 Å². The summed E-state index contributed by atoms with van der Waals surface area (Å²) in [7, 11) is 0. The maximum Gasteiger partial charge on any atom is 0.320 e. The van der Waals surface area contributed by atoms with E-state index >= 15 is 0 Å². The Balaban J connectivity index is 2.61. The Labute approximate surface area is 150 Å². The summed E-state index contributed by atoms with van der Waals surface area (Å²) >= 11 is 0. The lowest BCUT2D eigenvalue weighted by Gasteiger charge is -2.27. The zero-order valence-electron chi connectivity index (χ0n) is 16.2. The van der Waals surface area contributed by atoms with Crippen LogP contribution in [0.25, 0.3) is 0 Å². The average molecular weight is 349 g/mol. The molecule has 0 saturated carbocycles. The van der Waals surface area contributed by atoms with E-state index in [9.17, 15) is 9.59 Å². The molecule has 0 saturated heterocycles. The maximum absolute atomic E-state index is 12.3. The highest BCUT2D eigenvalue weighted by atomic mass is 16.5. The average Bonchev–Trinajstić information content (AvgIpc) is 2.49. The number of hydrogen-bond acceptors (Lipinski definition) is 3. The number of rotatable bonds is 7. The van der Waals surface area contributed by atoms with E-state index < -0.39 is 11.6 Å². The van der Waals surface area contributed by atoms with Crippen LogP contribution in [0.3, 0.4) is 0 Å². The first-order chi connectivity index (χ1) is 11.5. The minimum atomic E-state index is -1.02. The molecule has 0 aliphatic carbocycles.